The lowest BCUT2D eigenvalue weighted by atomic mass is 10.2. The number of amides is 1. The van der Waals surface area contributed by atoms with Gasteiger partial charge in [-0.2, -0.15) is 10.2 Å². The number of halogens is 2. The zero-order valence-corrected chi connectivity index (χ0v) is 17.2. The Morgan fingerprint density at radius 2 is 2.07 bits per heavy atom. The van der Waals surface area contributed by atoms with E-state index in [-0.39, 0.29) is 11.6 Å². The van der Waals surface area contributed by atoms with Gasteiger partial charge >= 0.3 is 0 Å². The average molecular weight is 430 g/mol. The fraction of sp³-hybridized carbons (Fsp3) is 0.150. The average Bonchev–Trinajstić information content (AvgIpc) is 3.41. The Kier molecular flexibility index (Phi) is 5.17. The number of rotatable bonds is 5. The van der Waals surface area contributed by atoms with E-state index < -0.39 is 0 Å². The number of hydrogen-bond donors (Lipinski definition) is 2. The van der Waals surface area contributed by atoms with Gasteiger partial charge in [0.1, 0.15) is 5.69 Å². The summed E-state index contributed by atoms with van der Waals surface area (Å²) in [6.45, 7) is 4.18. The number of furan rings is 1. The van der Waals surface area contributed by atoms with Crippen molar-refractivity contribution in [2.24, 2.45) is 0 Å². The van der Waals surface area contributed by atoms with E-state index in [1.165, 1.54) is 0 Å². The van der Waals surface area contributed by atoms with Crippen LogP contribution in [0.15, 0.2) is 47.1 Å². The van der Waals surface area contributed by atoms with Crippen LogP contribution in [0.4, 0.5) is 5.69 Å². The second kappa shape index (κ2) is 7.77. The van der Waals surface area contributed by atoms with Gasteiger partial charge in [-0.25, -0.2) is 0 Å². The number of H-pyrrole nitrogens is 1. The second-order valence-electron chi connectivity index (χ2n) is 6.54. The maximum absolute atomic E-state index is 12.7. The lowest BCUT2D eigenvalue weighted by molar-refractivity contribution is 0.102. The molecule has 4 aromatic rings. The van der Waals surface area contributed by atoms with Crippen molar-refractivity contribution in [3.05, 3.63) is 75.4 Å². The minimum atomic E-state index is -0.339. The number of nitrogens with one attached hydrogen (secondary N) is 2. The molecule has 3 heterocycles. The Bertz CT molecular complexity index is 1180. The first-order valence-corrected chi connectivity index (χ1v) is 9.56. The van der Waals surface area contributed by atoms with Crippen LogP contribution in [0.5, 0.6) is 0 Å². The highest BCUT2D eigenvalue weighted by Gasteiger charge is 2.18. The van der Waals surface area contributed by atoms with Gasteiger partial charge in [0.2, 0.25) is 0 Å². The largest absolute Gasteiger partial charge is 0.463 e. The van der Waals surface area contributed by atoms with Crippen LogP contribution in [-0.2, 0) is 6.54 Å². The molecule has 0 unspecified atom stereocenters. The van der Waals surface area contributed by atoms with Gasteiger partial charge < -0.3 is 9.73 Å². The lowest BCUT2D eigenvalue weighted by Crippen LogP contribution is -2.14. The number of carbonyl (C=O) groups excluding carboxylic acids is 1. The van der Waals surface area contributed by atoms with E-state index in [0.717, 1.165) is 11.3 Å². The SMILES string of the molecule is Cc1nn(Cc2ccc(Cl)cc2Cl)c(C)c1NC(=O)c1cc(-c2ccco2)[nH]n1. The number of aromatic nitrogens is 4. The molecule has 1 amide bonds. The summed E-state index contributed by atoms with van der Waals surface area (Å²) in [4.78, 5) is 12.7. The second-order valence-corrected chi connectivity index (χ2v) is 7.38. The van der Waals surface area contributed by atoms with Crippen LogP contribution in [0.1, 0.15) is 27.4 Å². The molecule has 0 atom stereocenters. The van der Waals surface area contributed by atoms with Gasteiger partial charge in [-0.15, -0.1) is 0 Å². The molecular formula is C20H17Cl2N5O2. The number of carbonyl (C=O) groups is 1. The Morgan fingerprint density at radius 1 is 1.24 bits per heavy atom. The fourth-order valence-electron chi connectivity index (χ4n) is 3.02. The van der Waals surface area contributed by atoms with Crippen molar-refractivity contribution >= 4 is 34.8 Å². The number of hydrogen-bond acceptors (Lipinski definition) is 4. The molecule has 0 aliphatic carbocycles. The van der Waals surface area contributed by atoms with E-state index in [1.807, 2.05) is 19.9 Å². The van der Waals surface area contributed by atoms with Crippen LogP contribution in [-0.4, -0.2) is 25.9 Å². The quantitative estimate of drug-likeness (QED) is 0.462. The van der Waals surface area contributed by atoms with Gasteiger partial charge in [0, 0.05) is 16.1 Å². The highest BCUT2D eigenvalue weighted by atomic mass is 35.5. The minimum absolute atomic E-state index is 0.253. The highest BCUT2D eigenvalue weighted by Crippen LogP contribution is 2.25. The molecule has 1 aromatic carbocycles. The molecule has 0 spiro atoms. The van der Waals surface area contributed by atoms with Gasteiger partial charge in [0.05, 0.1) is 29.9 Å². The van der Waals surface area contributed by atoms with E-state index in [9.17, 15) is 4.79 Å². The maximum atomic E-state index is 12.7. The summed E-state index contributed by atoms with van der Waals surface area (Å²) in [5, 5.41) is 15.4. The molecule has 9 heteroatoms. The summed E-state index contributed by atoms with van der Waals surface area (Å²) in [5.41, 5.74) is 3.91. The van der Waals surface area contributed by atoms with Crippen molar-refractivity contribution < 1.29 is 9.21 Å². The third-order valence-corrected chi connectivity index (χ3v) is 5.14. The summed E-state index contributed by atoms with van der Waals surface area (Å²) < 4.78 is 7.10. The van der Waals surface area contributed by atoms with Crippen molar-refractivity contribution in [1.29, 1.82) is 0 Å². The van der Waals surface area contributed by atoms with Crippen molar-refractivity contribution in [1.82, 2.24) is 20.0 Å². The summed E-state index contributed by atoms with van der Waals surface area (Å²) in [7, 11) is 0. The number of benzene rings is 1. The van der Waals surface area contributed by atoms with Gasteiger partial charge in [0.25, 0.3) is 5.91 Å². The molecule has 4 rings (SSSR count). The fourth-order valence-corrected chi connectivity index (χ4v) is 3.48. The van der Waals surface area contributed by atoms with Crippen LogP contribution in [0.25, 0.3) is 11.5 Å². The topological polar surface area (TPSA) is 88.7 Å². The van der Waals surface area contributed by atoms with Gasteiger partial charge in [-0.1, -0.05) is 29.3 Å². The molecule has 0 aliphatic heterocycles. The van der Waals surface area contributed by atoms with Crippen molar-refractivity contribution in [2.75, 3.05) is 5.32 Å². The zero-order chi connectivity index (χ0) is 20.5. The molecule has 0 radical (unpaired) electrons. The van der Waals surface area contributed by atoms with Gasteiger partial charge in [-0.05, 0) is 43.7 Å². The third-order valence-electron chi connectivity index (χ3n) is 4.55. The predicted octanol–water partition coefficient (Wildman–Crippen LogP) is 5.09. The van der Waals surface area contributed by atoms with Crippen LogP contribution < -0.4 is 5.32 Å². The molecule has 0 saturated heterocycles. The van der Waals surface area contributed by atoms with E-state index in [4.69, 9.17) is 27.6 Å². The van der Waals surface area contributed by atoms with E-state index in [0.29, 0.717) is 39.4 Å². The predicted molar refractivity (Wildman–Crippen MR) is 112 cm³/mol. The molecule has 0 aliphatic rings. The van der Waals surface area contributed by atoms with E-state index in [2.05, 4.69) is 20.6 Å². The Labute approximate surface area is 176 Å². The van der Waals surface area contributed by atoms with Crippen molar-refractivity contribution in [3.63, 3.8) is 0 Å². The van der Waals surface area contributed by atoms with Gasteiger partial charge in [-0.3, -0.25) is 14.6 Å². The van der Waals surface area contributed by atoms with Gasteiger partial charge in [0.15, 0.2) is 11.5 Å². The van der Waals surface area contributed by atoms with Crippen molar-refractivity contribution in [2.45, 2.75) is 20.4 Å². The first kappa shape index (κ1) is 19.3. The van der Waals surface area contributed by atoms with E-state index >= 15 is 0 Å². The van der Waals surface area contributed by atoms with Crippen LogP contribution >= 0.6 is 23.2 Å². The lowest BCUT2D eigenvalue weighted by Gasteiger charge is -2.08. The standard InChI is InChI=1S/C20H17Cl2N5O2/c1-11-19(12(2)27(26-11)10-13-5-6-14(21)8-15(13)22)23-20(28)17-9-16(24-25-17)18-4-3-7-29-18/h3-9H,10H2,1-2H3,(H,23,28)(H,24,25). The summed E-state index contributed by atoms with van der Waals surface area (Å²) in [6.07, 6.45) is 1.56. The molecule has 0 bridgehead atoms. The van der Waals surface area contributed by atoms with E-state index in [1.54, 1.807) is 41.3 Å². The third kappa shape index (κ3) is 3.92. The van der Waals surface area contributed by atoms with Crippen LogP contribution in [0.2, 0.25) is 10.0 Å². The van der Waals surface area contributed by atoms with Crippen LogP contribution in [0, 0.1) is 13.8 Å². The Morgan fingerprint density at radius 3 is 2.79 bits per heavy atom. The highest BCUT2D eigenvalue weighted by molar-refractivity contribution is 6.35. The maximum Gasteiger partial charge on any atom is 0.276 e. The molecule has 2 N–H and O–H groups in total. The minimum Gasteiger partial charge on any atom is -0.463 e. The first-order chi connectivity index (χ1) is 13.9. The molecule has 0 saturated carbocycles. The normalized spacial score (nSPS) is 11.0. The summed E-state index contributed by atoms with van der Waals surface area (Å²) in [6, 6.07) is 10.5. The van der Waals surface area contributed by atoms with Crippen molar-refractivity contribution in [3.8, 4) is 11.5 Å². The molecule has 3 aromatic heterocycles. The molecule has 7 nitrogen and oxygen atoms in total. The molecule has 29 heavy (non-hydrogen) atoms. The first-order valence-electron chi connectivity index (χ1n) is 8.81. The number of anilines is 1. The molecular weight excluding hydrogens is 413 g/mol. The number of nitrogens with zero attached hydrogens (tertiary/aromatic N) is 3. The summed E-state index contributed by atoms with van der Waals surface area (Å²) >= 11 is 12.2. The van der Waals surface area contributed by atoms with Crippen LogP contribution in [0.3, 0.4) is 0 Å². The summed E-state index contributed by atoms with van der Waals surface area (Å²) in [5.74, 6) is 0.269. The smallest absolute Gasteiger partial charge is 0.276 e. The zero-order valence-electron chi connectivity index (χ0n) is 15.7. The molecule has 0 fully saturated rings. The monoisotopic (exact) mass is 429 g/mol. The molecule has 148 valence electrons. The Balaban J connectivity index is 1.54. The number of aromatic amines is 1. The Hall–Kier alpha value is -3.03. The number of aryl methyl sites for hydroxylation is 1.